The summed E-state index contributed by atoms with van der Waals surface area (Å²) >= 11 is 0. The number of ether oxygens (including phenoxy) is 1. The van der Waals surface area contributed by atoms with E-state index in [-0.39, 0.29) is 10.6 Å². The lowest BCUT2D eigenvalue weighted by Crippen LogP contribution is -2.24. The minimum atomic E-state index is -3.87. The number of nitrogens with one attached hydrogen (secondary N) is 1. The van der Waals surface area contributed by atoms with E-state index in [4.69, 9.17) is 9.88 Å². The van der Waals surface area contributed by atoms with E-state index < -0.39 is 15.8 Å². The molecule has 1 aliphatic rings. The van der Waals surface area contributed by atoms with Crippen LogP contribution in [0.1, 0.15) is 12.8 Å². The normalized spacial score (nSPS) is 20.2. The summed E-state index contributed by atoms with van der Waals surface area (Å²) in [6, 6.07) is 3.60. The van der Waals surface area contributed by atoms with Crippen molar-refractivity contribution in [3.05, 3.63) is 24.0 Å². The number of hydrogen-bond donors (Lipinski definition) is 2. The Morgan fingerprint density at radius 2 is 2.26 bits per heavy atom. The Hall–Kier alpha value is -1.18. The standard InChI is InChI=1S/C12H17FN2O3S/c13-11-6-10(19(14,16)17)3-4-12(11)15-7-9-2-1-5-18-8-9/h3-4,6,9,15H,1-2,5,7-8H2,(H2,14,16,17). The van der Waals surface area contributed by atoms with Gasteiger partial charge in [-0.15, -0.1) is 0 Å². The van der Waals surface area contributed by atoms with Gasteiger partial charge in [0.05, 0.1) is 17.2 Å². The lowest BCUT2D eigenvalue weighted by molar-refractivity contribution is 0.0595. The molecule has 1 heterocycles. The molecule has 1 aliphatic heterocycles. The number of rotatable bonds is 4. The number of hydrogen-bond acceptors (Lipinski definition) is 4. The van der Waals surface area contributed by atoms with Gasteiger partial charge in [-0.3, -0.25) is 0 Å². The van der Waals surface area contributed by atoms with Crippen molar-refractivity contribution in [1.82, 2.24) is 0 Å². The van der Waals surface area contributed by atoms with Crippen LogP contribution >= 0.6 is 0 Å². The summed E-state index contributed by atoms with van der Waals surface area (Å²) in [5.74, 6) is -0.269. The number of anilines is 1. The Morgan fingerprint density at radius 3 is 2.84 bits per heavy atom. The third kappa shape index (κ3) is 3.89. The molecule has 1 unspecified atom stereocenters. The molecule has 1 fully saturated rings. The van der Waals surface area contributed by atoms with Crippen LogP contribution in [0.3, 0.4) is 0 Å². The van der Waals surface area contributed by atoms with Crippen molar-refractivity contribution in [2.24, 2.45) is 11.1 Å². The summed E-state index contributed by atoms with van der Waals surface area (Å²) in [6.45, 7) is 2.06. The zero-order chi connectivity index (χ0) is 13.9. The minimum Gasteiger partial charge on any atom is -0.382 e. The fourth-order valence-corrected chi connectivity index (χ4v) is 2.56. The van der Waals surface area contributed by atoms with Crippen molar-refractivity contribution in [2.45, 2.75) is 17.7 Å². The monoisotopic (exact) mass is 288 g/mol. The average molecular weight is 288 g/mol. The van der Waals surface area contributed by atoms with Gasteiger partial charge in [-0.1, -0.05) is 0 Å². The van der Waals surface area contributed by atoms with E-state index in [1.165, 1.54) is 12.1 Å². The van der Waals surface area contributed by atoms with E-state index in [1.807, 2.05) is 0 Å². The molecule has 3 N–H and O–H groups in total. The lowest BCUT2D eigenvalue weighted by Gasteiger charge is -2.22. The van der Waals surface area contributed by atoms with Gasteiger partial charge in [-0.2, -0.15) is 0 Å². The Morgan fingerprint density at radius 1 is 1.47 bits per heavy atom. The number of nitrogens with two attached hydrogens (primary N) is 1. The van der Waals surface area contributed by atoms with Crippen molar-refractivity contribution >= 4 is 15.7 Å². The van der Waals surface area contributed by atoms with Crippen LogP contribution in [0.5, 0.6) is 0 Å². The zero-order valence-corrected chi connectivity index (χ0v) is 11.2. The summed E-state index contributed by atoms with van der Waals surface area (Å²) in [5, 5.41) is 7.91. The topological polar surface area (TPSA) is 81.4 Å². The maximum Gasteiger partial charge on any atom is 0.238 e. The Kier molecular flexibility index (Phi) is 4.38. The maximum absolute atomic E-state index is 13.7. The van der Waals surface area contributed by atoms with Crippen molar-refractivity contribution in [3.8, 4) is 0 Å². The van der Waals surface area contributed by atoms with Gasteiger partial charge in [0.15, 0.2) is 0 Å². The molecule has 7 heteroatoms. The van der Waals surface area contributed by atoms with Crippen LogP contribution in [0.15, 0.2) is 23.1 Å². The average Bonchev–Trinajstić information content (AvgIpc) is 2.37. The second kappa shape index (κ2) is 5.85. The molecule has 0 spiro atoms. The number of benzene rings is 1. The fraction of sp³-hybridized carbons (Fsp3) is 0.500. The van der Waals surface area contributed by atoms with Crippen molar-refractivity contribution in [1.29, 1.82) is 0 Å². The van der Waals surface area contributed by atoms with E-state index >= 15 is 0 Å². The molecule has 0 bridgehead atoms. The van der Waals surface area contributed by atoms with Gasteiger partial charge in [-0.05, 0) is 37.0 Å². The van der Waals surface area contributed by atoms with Gasteiger partial charge in [0, 0.05) is 13.2 Å². The molecule has 0 radical (unpaired) electrons. The van der Waals surface area contributed by atoms with Gasteiger partial charge < -0.3 is 10.1 Å². The highest BCUT2D eigenvalue weighted by Gasteiger charge is 2.15. The first-order chi connectivity index (χ1) is 8.97. The molecule has 0 saturated carbocycles. The van der Waals surface area contributed by atoms with Gasteiger partial charge in [0.25, 0.3) is 0 Å². The first-order valence-electron chi connectivity index (χ1n) is 6.11. The second-order valence-corrected chi connectivity index (χ2v) is 6.21. The molecular formula is C12H17FN2O3S. The molecule has 0 aromatic heterocycles. The Balaban J connectivity index is 2.01. The van der Waals surface area contributed by atoms with Crippen LogP contribution in [-0.4, -0.2) is 28.2 Å². The third-order valence-electron chi connectivity index (χ3n) is 3.10. The molecule has 106 valence electrons. The number of primary sulfonamides is 1. The number of halogens is 1. The fourth-order valence-electron chi connectivity index (χ4n) is 2.04. The second-order valence-electron chi connectivity index (χ2n) is 4.65. The lowest BCUT2D eigenvalue weighted by atomic mass is 10.0. The van der Waals surface area contributed by atoms with Crippen LogP contribution in [0.2, 0.25) is 0 Å². The summed E-state index contributed by atoms with van der Waals surface area (Å²) in [5.41, 5.74) is 0.276. The molecule has 2 rings (SSSR count). The largest absolute Gasteiger partial charge is 0.382 e. The summed E-state index contributed by atoms with van der Waals surface area (Å²) < 4.78 is 41.2. The van der Waals surface area contributed by atoms with Crippen LogP contribution in [-0.2, 0) is 14.8 Å². The highest BCUT2D eigenvalue weighted by atomic mass is 32.2. The molecule has 1 saturated heterocycles. The summed E-state index contributed by atoms with van der Waals surface area (Å²) in [7, 11) is -3.87. The zero-order valence-electron chi connectivity index (χ0n) is 10.4. The van der Waals surface area contributed by atoms with Crippen LogP contribution < -0.4 is 10.5 Å². The van der Waals surface area contributed by atoms with Crippen LogP contribution in [0.4, 0.5) is 10.1 Å². The van der Waals surface area contributed by atoms with E-state index in [2.05, 4.69) is 5.32 Å². The van der Waals surface area contributed by atoms with E-state index in [9.17, 15) is 12.8 Å². The predicted molar refractivity (Wildman–Crippen MR) is 69.8 cm³/mol. The predicted octanol–water partition coefficient (Wildman–Crippen LogP) is 1.31. The molecular weight excluding hydrogens is 271 g/mol. The number of sulfonamides is 1. The van der Waals surface area contributed by atoms with Gasteiger partial charge in [0.2, 0.25) is 10.0 Å². The summed E-state index contributed by atoms with van der Waals surface area (Å²) in [4.78, 5) is -0.225. The van der Waals surface area contributed by atoms with Crippen LogP contribution in [0.25, 0.3) is 0 Å². The van der Waals surface area contributed by atoms with Gasteiger partial charge >= 0.3 is 0 Å². The quantitative estimate of drug-likeness (QED) is 0.875. The smallest absolute Gasteiger partial charge is 0.238 e. The first-order valence-corrected chi connectivity index (χ1v) is 7.65. The van der Waals surface area contributed by atoms with Gasteiger partial charge in [0.1, 0.15) is 5.82 Å². The van der Waals surface area contributed by atoms with E-state index in [1.54, 1.807) is 0 Å². The first kappa shape index (κ1) is 14.2. The summed E-state index contributed by atoms with van der Waals surface area (Å²) in [6.07, 6.45) is 2.06. The Labute approximate surface area is 112 Å². The van der Waals surface area contributed by atoms with Crippen LogP contribution in [0, 0.1) is 11.7 Å². The van der Waals surface area contributed by atoms with Gasteiger partial charge in [-0.25, -0.2) is 17.9 Å². The van der Waals surface area contributed by atoms with Crippen molar-refractivity contribution < 1.29 is 17.5 Å². The maximum atomic E-state index is 13.7. The molecule has 1 aromatic carbocycles. The van der Waals surface area contributed by atoms with E-state index in [0.717, 1.165) is 25.5 Å². The highest BCUT2D eigenvalue weighted by Crippen LogP contribution is 2.20. The molecule has 0 aliphatic carbocycles. The van der Waals surface area contributed by atoms with Crippen molar-refractivity contribution in [3.63, 3.8) is 0 Å². The molecule has 19 heavy (non-hydrogen) atoms. The third-order valence-corrected chi connectivity index (χ3v) is 4.02. The van der Waals surface area contributed by atoms with E-state index in [0.29, 0.717) is 19.1 Å². The molecule has 1 aromatic rings. The van der Waals surface area contributed by atoms with Crippen molar-refractivity contribution in [2.75, 3.05) is 25.1 Å². The Bertz CT molecular complexity index is 542. The SMILES string of the molecule is NS(=O)(=O)c1ccc(NCC2CCCOC2)c(F)c1. The molecule has 5 nitrogen and oxygen atoms in total. The minimum absolute atomic E-state index is 0.225. The highest BCUT2D eigenvalue weighted by molar-refractivity contribution is 7.89. The molecule has 0 amide bonds. The molecule has 1 atom stereocenters.